The number of H-pyrrole nitrogens is 1. The van der Waals surface area contributed by atoms with E-state index in [4.69, 9.17) is 4.74 Å². The number of alkyl carbamates (subject to hydrolysis) is 1. The van der Waals surface area contributed by atoms with Crippen molar-refractivity contribution < 1.29 is 9.53 Å². The zero-order valence-electron chi connectivity index (χ0n) is 16.1. The molecule has 1 aliphatic rings. The van der Waals surface area contributed by atoms with Gasteiger partial charge in [-0.25, -0.2) is 4.79 Å². The average molecular weight is 362 g/mol. The Morgan fingerprint density at radius 2 is 1.89 bits per heavy atom. The normalized spacial score (nSPS) is 16.8. The summed E-state index contributed by atoms with van der Waals surface area (Å²) in [6.45, 7) is 5.66. The molecule has 0 spiro atoms. The van der Waals surface area contributed by atoms with Crippen LogP contribution in [0.25, 0.3) is 22.0 Å². The Morgan fingerprint density at radius 3 is 2.63 bits per heavy atom. The summed E-state index contributed by atoms with van der Waals surface area (Å²) in [7, 11) is 0. The van der Waals surface area contributed by atoms with Gasteiger partial charge in [-0.15, -0.1) is 0 Å². The van der Waals surface area contributed by atoms with Crippen molar-refractivity contribution in [2.45, 2.75) is 51.7 Å². The number of aromatic nitrogens is 1. The number of rotatable bonds is 2. The molecule has 1 aliphatic carbocycles. The molecule has 2 N–H and O–H groups in total. The van der Waals surface area contributed by atoms with E-state index in [1.54, 1.807) is 0 Å². The molecule has 2 aromatic carbocycles. The van der Waals surface area contributed by atoms with Crippen LogP contribution >= 0.6 is 0 Å². The fourth-order valence-electron chi connectivity index (χ4n) is 3.90. The van der Waals surface area contributed by atoms with Crippen LogP contribution < -0.4 is 5.32 Å². The molecule has 1 unspecified atom stereocenters. The molecule has 1 atom stereocenters. The fourth-order valence-corrected chi connectivity index (χ4v) is 3.90. The molecule has 0 saturated heterocycles. The number of aryl methyl sites for hydroxylation is 1. The first-order valence-corrected chi connectivity index (χ1v) is 9.58. The minimum Gasteiger partial charge on any atom is -0.444 e. The van der Waals surface area contributed by atoms with Crippen LogP contribution in [0, 0.1) is 0 Å². The second-order valence-corrected chi connectivity index (χ2v) is 8.26. The molecule has 0 bridgehead atoms. The number of nitrogens with one attached hydrogen (secondary N) is 2. The van der Waals surface area contributed by atoms with Crippen molar-refractivity contribution in [2.75, 3.05) is 0 Å². The highest BCUT2D eigenvalue weighted by Crippen LogP contribution is 2.34. The molecule has 1 heterocycles. The summed E-state index contributed by atoms with van der Waals surface area (Å²) in [4.78, 5) is 15.8. The van der Waals surface area contributed by atoms with Gasteiger partial charge in [-0.3, -0.25) is 0 Å². The minimum atomic E-state index is -0.477. The van der Waals surface area contributed by atoms with E-state index < -0.39 is 5.60 Å². The number of hydrogen-bond donors (Lipinski definition) is 2. The summed E-state index contributed by atoms with van der Waals surface area (Å²) < 4.78 is 5.42. The maximum Gasteiger partial charge on any atom is 0.407 e. The lowest BCUT2D eigenvalue weighted by molar-refractivity contribution is 0.0500. The first-order chi connectivity index (χ1) is 12.9. The molecule has 3 aromatic rings. The molecule has 1 amide bonds. The predicted molar refractivity (Wildman–Crippen MR) is 109 cm³/mol. The Kier molecular flexibility index (Phi) is 4.42. The van der Waals surface area contributed by atoms with E-state index in [1.165, 1.54) is 33.3 Å². The number of hydrogen-bond acceptors (Lipinski definition) is 2. The van der Waals surface area contributed by atoms with Gasteiger partial charge in [0.25, 0.3) is 0 Å². The molecular weight excluding hydrogens is 336 g/mol. The number of carbonyl (C=O) groups excluding carboxylic acids is 1. The highest BCUT2D eigenvalue weighted by Gasteiger charge is 2.26. The standard InChI is InChI=1S/C23H26N2O2/c1-23(2,3)27-22(26)24-16-12-13-20-19(14-16)18-11-7-10-17(21(18)25-20)15-8-5-4-6-9-15/h4-11,16,25H,12-14H2,1-3H3,(H,24,26). The van der Waals surface area contributed by atoms with Gasteiger partial charge in [0.1, 0.15) is 5.60 Å². The molecular formula is C23H26N2O2. The van der Waals surface area contributed by atoms with Crippen molar-refractivity contribution >= 4 is 17.0 Å². The van der Waals surface area contributed by atoms with Gasteiger partial charge in [0.05, 0.1) is 5.52 Å². The SMILES string of the molecule is CC(C)(C)OC(=O)NC1CCc2[nH]c3c(-c4ccccc4)cccc3c2C1. The molecule has 0 radical (unpaired) electrons. The topological polar surface area (TPSA) is 54.1 Å². The van der Waals surface area contributed by atoms with Crippen LogP contribution in [-0.2, 0) is 17.6 Å². The van der Waals surface area contributed by atoms with Gasteiger partial charge in [0.2, 0.25) is 0 Å². The molecule has 0 saturated carbocycles. The first kappa shape index (κ1) is 17.7. The molecule has 1 aromatic heterocycles. The van der Waals surface area contributed by atoms with Crippen molar-refractivity contribution in [2.24, 2.45) is 0 Å². The van der Waals surface area contributed by atoms with Gasteiger partial charge < -0.3 is 15.0 Å². The van der Waals surface area contributed by atoms with Crippen LogP contribution in [0.1, 0.15) is 38.4 Å². The van der Waals surface area contributed by atoms with Crippen LogP contribution in [0.2, 0.25) is 0 Å². The predicted octanol–water partition coefficient (Wildman–Crippen LogP) is 5.22. The van der Waals surface area contributed by atoms with Crippen LogP contribution in [-0.4, -0.2) is 22.7 Å². The Morgan fingerprint density at radius 1 is 1.11 bits per heavy atom. The van der Waals surface area contributed by atoms with Gasteiger partial charge >= 0.3 is 6.09 Å². The molecule has 4 rings (SSSR count). The largest absolute Gasteiger partial charge is 0.444 e. The Labute approximate surface area is 159 Å². The summed E-state index contributed by atoms with van der Waals surface area (Å²) in [5.41, 5.74) is 5.75. The van der Waals surface area contributed by atoms with Crippen LogP contribution in [0.3, 0.4) is 0 Å². The van der Waals surface area contributed by atoms with Crippen molar-refractivity contribution in [3.8, 4) is 11.1 Å². The lowest BCUT2D eigenvalue weighted by atomic mass is 9.91. The summed E-state index contributed by atoms with van der Waals surface area (Å²) in [5, 5.41) is 4.29. The van der Waals surface area contributed by atoms with E-state index in [2.05, 4.69) is 52.8 Å². The van der Waals surface area contributed by atoms with E-state index in [9.17, 15) is 4.79 Å². The zero-order chi connectivity index (χ0) is 19.0. The van der Waals surface area contributed by atoms with Crippen molar-refractivity contribution in [1.82, 2.24) is 10.3 Å². The molecule has 0 fully saturated rings. The monoisotopic (exact) mass is 362 g/mol. The Hall–Kier alpha value is -2.75. The highest BCUT2D eigenvalue weighted by atomic mass is 16.6. The Bertz CT molecular complexity index is 967. The molecule has 0 aliphatic heterocycles. The average Bonchev–Trinajstić information content (AvgIpc) is 2.99. The first-order valence-electron chi connectivity index (χ1n) is 9.58. The quantitative estimate of drug-likeness (QED) is 0.657. The lowest BCUT2D eigenvalue weighted by Gasteiger charge is -2.26. The van der Waals surface area contributed by atoms with E-state index in [0.29, 0.717) is 0 Å². The third-order valence-corrected chi connectivity index (χ3v) is 5.03. The second kappa shape index (κ2) is 6.76. The van der Waals surface area contributed by atoms with Crippen LogP contribution in [0.15, 0.2) is 48.5 Å². The summed E-state index contributed by atoms with van der Waals surface area (Å²) >= 11 is 0. The number of amides is 1. The maximum atomic E-state index is 12.1. The van der Waals surface area contributed by atoms with Gasteiger partial charge in [-0.1, -0.05) is 48.5 Å². The van der Waals surface area contributed by atoms with Crippen molar-refractivity contribution in [3.05, 3.63) is 59.8 Å². The number of fused-ring (bicyclic) bond motifs is 3. The second-order valence-electron chi connectivity index (χ2n) is 8.26. The summed E-state index contributed by atoms with van der Waals surface area (Å²) in [6, 6.07) is 17.0. The lowest BCUT2D eigenvalue weighted by Crippen LogP contribution is -2.41. The highest BCUT2D eigenvalue weighted by molar-refractivity contribution is 5.97. The summed E-state index contributed by atoms with van der Waals surface area (Å²) in [5.74, 6) is 0. The molecule has 4 heteroatoms. The van der Waals surface area contributed by atoms with Crippen molar-refractivity contribution in [3.63, 3.8) is 0 Å². The van der Waals surface area contributed by atoms with E-state index >= 15 is 0 Å². The van der Waals surface area contributed by atoms with E-state index in [1.807, 2.05) is 26.8 Å². The molecule has 140 valence electrons. The third kappa shape index (κ3) is 3.70. The maximum absolute atomic E-state index is 12.1. The Balaban J connectivity index is 1.62. The third-order valence-electron chi connectivity index (χ3n) is 5.03. The number of ether oxygens (including phenoxy) is 1. The van der Waals surface area contributed by atoms with Gasteiger partial charge in [-0.2, -0.15) is 0 Å². The number of benzene rings is 2. The van der Waals surface area contributed by atoms with Gasteiger partial charge in [-0.05, 0) is 51.2 Å². The number of aromatic amines is 1. The van der Waals surface area contributed by atoms with Crippen molar-refractivity contribution in [1.29, 1.82) is 0 Å². The number of para-hydroxylation sites is 1. The smallest absolute Gasteiger partial charge is 0.407 e. The fraction of sp³-hybridized carbons (Fsp3) is 0.348. The zero-order valence-corrected chi connectivity index (χ0v) is 16.1. The molecule has 4 nitrogen and oxygen atoms in total. The van der Waals surface area contributed by atoms with E-state index in [-0.39, 0.29) is 12.1 Å². The number of carbonyl (C=O) groups is 1. The van der Waals surface area contributed by atoms with Crippen LogP contribution in [0.4, 0.5) is 4.79 Å². The minimum absolute atomic E-state index is 0.103. The summed E-state index contributed by atoms with van der Waals surface area (Å²) in [6.07, 6.45) is 2.34. The molecule has 27 heavy (non-hydrogen) atoms. The van der Waals surface area contributed by atoms with Gasteiger partial charge in [0, 0.05) is 22.7 Å². The van der Waals surface area contributed by atoms with Crippen LogP contribution in [0.5, 0.6) is 0 Å². The van der Waals surface area contributed by atoms with Gasteiger partial charge in [0.15, 0.2) is 0 Å². The van der Waals surface area contributed by atoms with E-state index in [0.717, 1.165) is 19.3 Å².